The van der Waals surface area contributed by atoms with E-state index in [1.165, 1.54) is 35.1 Å². The van der Waals surface area contributed by atoms with Crippen molar-refractivity contribution in [1.82, 2.24) is 4.90 Å². The lowest BCUT2D eigenvalue weighted by Crippen LogP contribution is -2.38. The Morgan fingerprint density at radius 1 is 0.958 bits per heavy atom. The molecule has 2 aliphatic rings. The van der Waals surface area contributed by atoms with Gasteiger partial charge >= 0.3 is 0 Å². The van der Waals surface area contributed by atoms with Crippen molar-refractivity contribution in [2.45, 2.75) is 38.3 Å². The van der Waals surface area contributed by atoms with Gasteiger partial charge in [0.25, 0.3) is 0 Å². The summed E-state index contributed by atoms with van der Waals surface area (Å²) in [4.78, 5) is 2.32. The Hall–Kier alpha value is -1.84. The minimum atomic E-state index is -0.455. The van der Waals surface area contributed by atoms with Crippen molar-refractivity contribution in [3.63, 3.8) is 0 Å². The lowest BCUT2D eigenvalue weighted by Gasteiger charge is -2.30. The van der Waals surface area contributed by atoms with Gasteiger partial charge in [0.15, 0.2) is 0 Å². The Labute approximate surface area is 143 Å². The van der Waals surface area contributed by atoms with E-state index >= 15 is 0 Å². The zero-order valence-electron chi connectivity index (χ0n) is 14.1. The Kier molecular flexibility index (Phi) is 4.54. The molecule has 24 heavy (non-hydrogen) atoms. The first-order valence-electron chi connectivity index (χ1n) is 9.00. The molecule has 1 heterocycles. The van der Waals surface area contributed by atoms with E-state index in [1.807, 2.05) is 6.07 Å². The summed E-state index contributed by atoms with van der Waals surface area (Å²) in [5, 5.41) is 10.3. The van der Waals surface area contributed by atoms with Crippen molar-refractivity contribution in [2.75, 3.05) is 19.7 Å². The molecule has 3 nitrogen and oxygen atoms in total. The number of nitrogens with zero attached hydrogens (tertiary/aromatic N) is 1. The maximum atomic E-state index is 10.3. The second kappa shape index (κ2) is 6.96. The van der Waals surface area contributed by atoms with Crippen molar-refractivity contribution in [3.05, 3.63) is 64.7 Å². The molecule has 0 fully saturated rings. The Bertz CT molecular complexity index is 713. The third kappa shape index (κ3) is 3.47. The molecule has 1 unspecified atom stereocenters. The molecule has 2 aromatic rings. The van der Waals surface area contributed by atoms with E-state index in [4.69, 9.17) is 4.74 Å². The number of rotatable bonds is 5. The summed E-state index contributed by atoms with van der Waals surface area (Å²) < 4.78 is 5.83. The molecule has 0 saturated heterocycles. The topological polar surface area (TPSA) is 32.7 Å². The largest absolute Gasteiger partial charge is 0.491 e. The zero-order chi connectivity index (χ0) is 16.4. The summed E-state index contributed by atoms with van der Waals surface area (Å²) in [6.07, 6.45) is 4.20. The van der Waals surface area contributed by atoms with Crippen molar-refractivity contribution < 1.29 is 9.84 Å². The van der Waals surface area contributed by atoms with E-state index in [0.717, 1.165) is 31.7 Å². The van der Waals surface area contributed by atoms with Crippen molar-refractivity contribution >= 4 is 0 Å². The lowest BCUT2D eigenvalue weighted by molar-refractivity contribution is 0.0637. The normalized spacial score (nSPS) is 18.0. The predicted octanol–water partition coefficient (Wildman–Crippen LogP) is 2.97. The number of benzene rings is 2. The van der Waals surface area contributed by atoms with Gasteiger partial charge in [-0.25, -0.2) is 0 Å². The van der Waals surface area contributed by atoms with E-state index in [9.17, 15) is 5.11 Å². The summed E-state index contributed by atoms with van der Waals surface area (Å²) >= 11 is 0. The highest BCUT2D eigenvalue weighted by Crippen LogP contribution is 2.26. The van der Waals surface area contributed by atoms with Gasteiger partial charge in [0.2, 0.25) is 0 Å². The fraction of sp³-hybridized carbons (Fsp3) is 0.429. The van der Waals surface area contributed by atoms with Gasteiger partial charge in [-0.15, -0.1) is 0 Å². The van der Waals surface area contributed by atoms with Crippen LogP contribution in [0.4, 0.5) is 0 Å². The number of ether oxygens (including phenoxy) is 1. The van der Waals surface area contributed by atoms with Crippen LogP contribution in [0.25, 0.3) is 0 Å². The molecule has 2 aromatic carbocycles. The van der Waals surface area contributed by atoms with Crippen molar-refractivity contribution in [1.29, 1.82) is 0 Å². The molecule has 1 aliphatic heterocycles. The second-order valence-electron chi connectivity index (χ2n) is 7.00. The van der Waals surface area contributed by atoms with Gasteiger partial charge in [-0.1, -0.05) is 30.3 Å². The van der Waals surface area contributed by atoms with Crippen LogP contribution in [0.5, 0.6) is 5.75 Å². The van der Waals surface area contributed by atoms with Gasteiger partial charge in [0, 0.05) is 19.6 Å². The number of aliphatic hydroxyl groups excluding tert-OH is 1. The van der Waals surface area contributed by atoms with E-state index in [2.05, 4.69) is 41.3 Å². The van der Waals surface area contributed by atoms with Gasteiger partial charge in [-0.05, 0) is 60.1 Å². The smallest absolute Gasteiger partial charge is 0.119 e. The number of aliphatic hydroxyl groups is 1. The summed E-state index contributed by atoms with van der Waals surface area (Å²) in [5.41, 5.74) is 5.69. The lowest BCUT2D eigenvalue weighted by atomic mass is 10.00. The SMILES string of the molecule is OC(COc1ccc2c(c1)CCC2)CN1CCc2ccccc2C1. The Balaban J connectivity index is 1.29. The van der Waals surface area contributed by atoms with E-state index in [1.54, 1.807) is 0 Å². The van der Waals surface area contributed by atoms with Crippen LogP contribution < -0.4 is 4.74 Å². The quantitative estimate of drug-likeness (QED) is 0.918. The Morgan fingerprint density at radius 2 is 1.75 bits per heavy atom. The zero-order valence-corrected chi connectivity index (χ0v) is 14.1. The van der Waals surface area contributed by atoms with Gasteiger partial charge in [-0.2, -0.15) is 0 Å². The van der Waals surface area contributed by atoms with Crippen molar-refractivity contribution in [2.24, 2.45) is 0 Å². The molecule has 0 saturated carbocycles. The van der Waals surface area contributed by atoms with E-state index in [-0.39, 0.29) is 0 Å². The highest BCUT2D eigenvalue weighted by Gasteiger charge is 2.19. The van der Waals surface area contributed by atoms with Crippen LogP contribution >= 0.6 is 0 Å². The van der Waals surface area contributed by atoms with E-state index < -0.39 is 6.10 Å². The fourth-order valence-electron chi connectivity index (χ4n) is 3.89. The molecule has 0 spiro atoms. The molecule has 1 aliphatic carbocycles. The number of hydrogen-bond acceptors (Lipinski definition) is 3. The summed E-state index contributed by atoms with van der Waals surface area (Å²) in [5.74, 6) is 0.888. The van der Waals surface area contributed by atoms with Crippen LogP contribution in [0, 0.1) is 0 Å². The maximum absolute atomic E-state index is 10.3. The standard InChI is InChI=1S/C21H25NO2/c23-20(14-22-11-10-17-4-1-2-5-19(17)13-22)15-24-21-9-8-16-6-3-7-18(16)12-21/h1-2,4-5,8-9,12,20,23H,3,6-7,10-11,13-15H2. The van der Waals surface area contributed by atoms with Gasteiger partial charge < -0.3 is 9.84 Å². The van der Waals surface area contributed by atoms with Crippen LogP contribution in [0.3, 0.4) is 0 Å². The first kappa shape index (κ1) is 15.7. The number of β-amino-alcohol motifs (C(OH)–C–C–N with tert-alkyl or cyclic N) is 1. The summed E-state index contributed by atoms with van der Waals surface area (Å²) in [6, 6.07) is 14.9. The summed E-state index contributed by atoms with van der Waals surface area (Å²) in [6.45, 7) is 2.95. The fourth-order valence-corrected chi connectivity index (χ4v) is 3.89. The van der Waals surface area contributed by atoms with Gasteiger partial charge in [0.1, 0.15) is 18.5 Å². The molecule has 0 amide bonds. The first-order chi connectivity index (χ1) is 11.8. The maximum Gasteiger partial charge on any atom is 0.119 e. The molecule has 4 rings (SSSR count). The van der Waals surface area contributed by atoms with Crippen LogP contribution in [0.15, 0.2) is 42.5 Å². The molecule has 1 atom stereocenters. The van der Waals surface area contributed by atoms with Crippen LogP contribution in [-0.4, -0.2) is 35.8 Å². The van der Waals surface area contributed by atoms with Crippen LogP contribution in [0.2, 0.25) is 0 Å². The molecular formula is C21H25NO2. The van der Waals surface area contributed by atoms with Gasteiger partial charge in [0.05, 0.1) is 0 Å². The minimum Gasteiger partial charge on any atom is -0.491 e. The summed E-state index contributed by atoms with van der Waals surface area (Å²) in [7, 11) is 0. The van der Waals surface area contributed by atoms with Gasteiger partial charge in [-0.3, -0.25) is 4.90 Å². The third-order valence-corrected chi connectivity index (χ3v) is 5.19. The first-order valence-corrected chi connectivity index (χ1v) is 9.00. The Morgan fingerprint density at radius 3 is 2.67 bits per heavy atom. The molecule has 126 valence electrons. The molecule has 0 aromatic heterocycles. The number of aryl methyl sites for hydroxylation is 2. The number of fused-ring (bicyclic) bond motifs is 2. The third-order valence-electron chi connectivity index (χ3n) is 5.19. The average molecular weight is 323 g/mol. The molecule has 0 radical (unpaired) electrons. The average Bonchev–Trinajstić information content (AvgIpc) is 3.07. The molecular weight excluding hydrogens is 298 g/mol. The molecule has 0 bridgehead atoms. The van der Waals surface area contributed by atoms with Crippen LogP contribution in [0.1, 0.15) is 28.7 Å². The minimum absolute atomic E-state index is 0.358. The highest BCUT2D eigenvalue weighted by molar-refractivity contribution is 5.38. The van der Waals surface area contributed by atoms with Crippen molar-refractivity contribution in [3.8, 4) is 5.75 Å². The highest BCUT2D eigenvalue weighted by atomic mass is 16.5. The van der Waals surface area contributed by atoms with E-state index in [0.29, 0.717) is 13.2 Å². The monoisotopic (exact) mass is 323 g/mol. The second-order valence-corrected chi connectivity index (χ2v) is 7.00. The number of hydrogen-bond donors (Lipinski definition) is 1. The van der Waals surface area contributed by atoms with Crippen LogP contribution in [-0.2, 0) is 25.8 Å². The molecule has 1 N–H and O–H groups in total. The predicted molar refractivity (Wildman–Crippen MR) is 95.4 cm³/mol. The molecule has 3 heteroatoms.